The fraction of sp³-hybridized carbons (Fsp3) is 0.667. The number of hydrogen-bond donors (Lipinski definition) is 0. The van der Waals surface area contributed by atoms with Gasteiger partial charge >= 0.3 is 11.9 Å². The summed E-state index contributed by atoms with van der Waals surface area (Å²) in [5.74, 6) is -1.36. The number of ether oxygens (including phenoxy) is 2. The Labute approximate surface area is 185 Å². The van der Waals surface area contributed by atoms with Crippen molar-refractivity contribution in [3.8, 4) is 0 Å². The second kappa shape index (κ2) is 16.3. The number of rotatable bonds is 17. The van der Waals surface area contributed by atoms with Crippen LogP contribution in [0.1, 0.15) is 112 Å². The Morgan fingerprint density at radius 3 is 1.77 bits per heavy atom. The number of unbranched alkanes of at least 4 members (excludes halogenated alkanes) is 10. The van der Waals surface area contributed by atoms with Crippen LogP contribution in [0.15, 0.2) is 18.2 Å². The van der Waals surface area contributed by atoms with Gasteiger partial charge in [0, 0.05) is 6.07 Å². The number of benzene rings is 1. The fourth-order valence-corrected chi connectivity index (χ4v) is 3.24. The first-order chi connectivity index (χ1) is 15.0. The maximum absolute atomic E-state index is 12.3. The average Bonchev–Trinajstić information content (AvgIpc) is 2.77. The van der Waals surface area contributed by atoms with Crippen LogP contribution >= 0.6 is 0 Å². The van der Waals surface area contributed by atoms with Crippen molar-refractivity contribution in [1.29, 1.82) is 0 Å². The van der Waals surface area contributed by atoms with Gasteiger partial charge in [-0.05, 0) is 25.0 Å². The van der Waals surface area contributed by atoms with E-state index in [9.17, 15) is 19.7 Å². The molecule has 0 aliphatic heterocycles. The van der Waals surface area contributed by atoms with E-state index in [-0.39, 0.29) is 24.3 Å². The smallest absolute Gasteiger partial charge is 0.345 e. The van der Waals surface area contributed by atoms with Crippen LogP contribution in [-0.2, 0) is 9.47 Å². The van der Waals surface area contributed by atoms with Gasteiger partial charge in [-0.2, -0.15) is 0 Å². The van der Waals surface area contributed by atoms with Crippen molar-refractivity contribution in [3.63, 3.8) is 0 Å². The number of hydrogen-bond acceptors (Lipinski definition) is 6. The third-order valence-electron chi connectivity index (χ3n) is 5.11. The standard InChI is InChI=1S/C24H37NO6/c1-3-5-7-9-11-13-17-30-23(26)20-15-16-21(22(19-20)25(28)29)24(27)31-18-14-12-10-8-6-4-2/h15-16,19H,3-14,17-18H2,1-2H3. The molecule has 0 heterocycles. The van der Waals surface area contributed by atoms with Crippen molar-refractivity contribution in [1.82, 2.24) is 0 Å². The molecule has 0 amide bonds. The Morgan fingerprint density at radius 1 is 0.774 bits per heavy atom. The highest BCUT2D eigenvalue weighted by Crippen LogP contribution is 2.22. The summed E-state index contributed by atoms with van der Waals surface area (Å²) in [6.07, 6.45) is 12.7. The highest BCUT2D eigenvalue weighted by molar-refractivity contribution is 5.97. The number of carbonyl (C=O) groups is 2. The van der Waals surface area contributed by atoms with E-state index in [1.807, 2.05) is 0 Å². The Balaban J connectivity index is 2.52. The number of carbonyl (C=O) groups excluding carboxylic acids is 2. The highest BCUT2D eigenvalue weighted by atomic mass is 16.6. The first-order valence-corrected chi connectivity index (χ1v) is 11.6. The number of nitrogens with zero attached hydrogens (tertiary/aromatic N) is 1. The van der Waals surface area contributed by atoms with Gasteiger partial charge in [0.25, 0.3) is 5.69 Å². The van der Waals surface area contributed by atoms with Crippen LogP contribution < -0.4 is 0 Å². The molecule has 0 aliphatic carbocycles. The van der Waals surface area contributed by atoms with Crippen LogP contribution in [0.2, 0.25) is 0 Å². The van der Waals surface area contributed by atoms with Gasteiger partial charge in [0.2, 0.25) is 0 Å². The molecule has 0 saturated carbocycles. The van der Waals surface area contributed by atoms with Crippen molar-refractivity contribution in [2.45, 2.75) is 90.9 Å². The zero-order valence-electron chi connectivity index (χ0n) is 19.0. The monoisotopic (exact) mass is 435 g/mol. The van der Waals surface area contributed by atoms with E-state index in [1.165, 1.54) is 44.2 Å². The van der Waals surface area contributed by atoms with E-state index in [2.05, 4.69) is 13.8 Å². The van der Waals surface area contributed by atoms with Crippen LogP contribution in [0.25, 0.3) is 0 Å². The summed E-state index contributed by atoms with van der Waals surface area (Å²) in [4.78, 5) is 35.2. The third kappa shape index (κ3) is 10.9. The van der Waals surface area contributed by atoms with Gasteiger partial charge in [-0.3, -0.25) is 10.1 Å². The fourth-order valence-electron chi connectivity index (χ4n) is 3.24. The maximum Gasteiger partial charge on any atom is 0.345 e. The molecule has 0 atom stereocenters. The molecular formula is C24H37NO6. The molecule has 1 rings (SSSR count). The third-order valence-corrected chi connectivity index (χ3v) is 5.11. The predicted octanol–water partition coefficient (Wildman–Crippen LogP) is 6.63. The number of nitro groups is 1. The van der Waals surface area contributed by atoms with Crippen LogP contribution in [0.4, 0.5) is 5.69 Å². The Morgan fingerprint density at radius 2 is 1.26 bits per heavy atom. The predicted molar refractivity (Wildman–Crippen MR) is 120 cm³/mol. The van der Waals surface area contributed by atoms with Crippen LogP contribution in [0.5, 0.6) is 0 Å². The van der Waals surface area contributed by atoms with Crippen LogP contribution in [-0.4, -0.2) is 30.1 Å². The van der Waals surface area contributed by atoms with Gasteiger partial charge in [0.15, 0.2) is 0 Å². The Bertz CT molecular complexity index is 689. The molecule has 0 aliphatic rings. The topological polar surface area (TPSA) is 95.7 Å². The lowest BCUT2D eigenvalue weighted by Crippen LogP contribution is -2.12. The Kier molecular flexibility index (Phi) is 14.0. The minimum absolute atomic E-state index is 0.0603. The first kappa shape index (κ1) is 26.6. The summed E-state index contributed by atoms with van der Waals surface area (Å²) < 4.78 is 10.4. The van der Waals surface area contributed by atoms with E-state index in [0.29, 0.717) is 0 Å². The highest BCUT2D eigenvalue weighted by Gasteiger charge is 2.24. The summed E-state index contributed by atoms with van der Waals surface area (Å²) in [5.41, 5.74) is -0.532. The lowest BCUT2D eigenvalue weighted by Gasteiger charge is -2.08. The second-order valence-electron chi connectivity index (χ2n) is 7.80. The molecule has 0 N–H and O–H groups in total. The van der Waals surface area contributed by atoms with E-state index in [4.69, 9.17) is 9.47 Å². The lowest BCUT2D eigenvalue weighted by molar-refractivity contribution is -0.385. The molecule has 0 aromatic heterocycles. The molecule has 0 radical (unpaired) electrons. The van der Waals surface area contributed by atoms with Crippen LogP contribution in [0, 0.1) is 10.1 Å². The van der Waals surface area contributed by atoms with E-state index in [0.717, 1.165) is 51.0 Å². The zero-order chi connectivity index (χ0) is 22.9. The van der Waals surface area contributed by atoms with Gasteiger partial charge < -0.3 is 9.47 Å². The SMILES string of the molecule is CCCCCCCCOC(=O)c1ccc(C(=O)OCCCCCCCC)c([N+](=O)[O-])c1. The molecule has 0 fully saturated rings. The largest absolute Gasteiger partial charge is 0.462 e. The molecule has 1 aromatic carbocycles. The van der Waals surface area contributed by atoms with Gasteiger partial charge in [0.1, 0.15) is 5.56 Å². The van der Waals surface area contributed by atoms with E-state index in [1.54, 1.807) is 0 Å². The van der Waals surface area contributed by atoms with E-state index >= 15 is 0 Å². The number of esters is 2. The minimum Gasteiger partial charge on any atom is -0.462 e. The first-order valence-electron chi connectivity index (χ1n) is 11.6. The molecule has 0 saturated heterocycles. The summed E-state index contributed by atoms with van der Waals surface area (Å²) in [6, 6.07) is 3.73. The summed E-state index contributed by atoms with van der Waals surface area (Å²) in [5, 5.41) is 11.4. The summed E-state index contributed by atoms with van der Waals surface area (Å²) >= 11 is 0. The average molecular weight is 436 g/mol. The number of nitro benzene ring substituents is 1. The van der Waals surface area contributed by atoms with Crippen molar-refractivity contribution in [3.05, 3.63) is 39.4 Å². The maximum atomic E-state index is 12.3. The molecule has 1 aromatic rings. The molecule has 174 valence electrons. The molecule has 0 bridgehead atoms. The molecular weight excluding hydrogens is 398 g/mol. The van der Waals surface area contributed by atoms with Gasteiger partial charge in [-0.1, -0.05) is 78.1 Å². The normalized spacial score (nSPS) is 10.6. The van der Waals surface area contributed by atoms with Gasteiger partial charge in [0.05, 0.1) is 23.7 Å². The lowest BCUT2D eigenvalue weighted by atomic mass is 10.1. The van der Waals surface area contributed by atoms with Crippen molar-refractivity contribution in [2.75, 3.05) is 13.2 Å². The molecule has 0 unspecified atom stereocenters. The molecule has 31 heavy (non-hydrogen) atoms. The zero-order valence-corrected chi connectivity index (χ0v) is 19.0. The van der Waals surface area contributed by atoms with Crippen molar-refractivity contribution in [2.24, 2.45) is 0 Å². The minimum atomic E-state index is -0.743. The van der Waals surface area contributed by atoms with Gasteiger partial charge in [-0.15, -0.1) is 0 Å². The quantitative estimate of drug-likeness (QED) is 0.118. The summed E-state index contributed by atoms with van der Waals surface area (Å²) in [7, 11) is 0. The van der Waals surface area contributed by atoms with Crippen LogP contribution in [0.3, 0.4) is 0 Å². The second-order valence-corrected chi connectivity index (χ2v) is 7.80. The van der Waals surface area contributed by atoms with E-state index < -0.39 is 22.5 Å². The van der Waals surface area contributed by atoms with Gasteiger partial charge in [-0.25, -0.2) is 9.59 Å². The Hall–Kier alpha value is -2.44. The summed E-state index contributed by atoms with van der Waals surface area (Å²) in [6.45, 7) is 4.81. The molecule has 7 heteroatoms. The van der Waals surface area contributed by atoms with Crippen molar-refractivity contribution < 1.29 is 24.0 Å². The molecule has 7 nitrogen and oxygen atoms in total. The van der Waals surface area contributed by atoms with Crippen molar-refractivity contribution >= 4 is 17.6 Å². The molecule has 0 spiro atoms.